The fourth-order valence-electron chi connectivity index (χ4n) is 1.70. The van der Waals surface area contributed by atoms with Gasteiger partial charge in [-0.15, -0.1) is 0 Å². The molecule has 2 aromatic rings. The van der Waals surface area contributed by atoms with Crippen molar-refractivity contribution in [3.8, 4) is 0 Å². The third-order valence-corrected chi connectivity index (χ3v) is 3.04. The molecule has 1 atom stereocenters. The van der Waals surface area contributed by atoms with E-state index < -0.39 is 6.55 Å². The maximum atomic E-state index is 12.6. The molecule has 1 N–H and O–H groups in total. The number of nitrogens with zero attached hydrogens (tertiary/aromatic N) is 4. The van der Waals surface area contributed by atoms with Crippen LogP contribution in [-0.2, 0) is 6.54 Å². The van der Waals surface area contributed by atoms with Crippen molar-refractivity contribution in [1.29, 1.82) is 0 Å². The highest BCUT2D eigenvalue weighted by molar-refractivity contribution is 5.33. The van der Waals surface area contributed by atoms with E-state index in [1.54, 1.807) is 6.07 Å². The fourth-order valence-corrected chi connectivity index (χ4v) is 1.70. The molecule has 0 aromatic carbocycles. The van der Waals surface area contributed by atoms with E-state index in [1.807, 2.05) is 16.9 Å². The minimum atomic E-state index is -2.62. The van der Waals surface area contributed by atoms with Crippen molar-refractivity contribution >= 4 is 5.82 Å². The highest BCUT2D eigenvalue weighted by Crippen LogP contribution is 2.15. The molecule has 0 radical (unpaired) electrons. The van der Waals surface area contributed by atoms with Gasteiger partial charge in [-0.1, -0.05) is 6.92 Å². The van der Waals surface area contributed by atoms with Crippen molar-refractivity contribution in [2.24, 2.45) is 0 Å². The van der Waals surface area contributed by atoms with Gasteiger partial charge in [0.15, 0.2) is 0 Å². The van der Waals surface area contributed by atoms with E-state index >= 15 is 0 Å². The van der Waals surface area contributed by atoms with Crippen LogP contribution in [0.2, 0.25) is 0 Å². The van der Waals surface area contributed by atoms with E-state index in [9.17, 15) is 8.78 Å². The van der Waals surface area contributed by atoms with Crippen LogP contribution in [0.4, 0.5) is 14.6 Å². The van der Waals surface area contributed by atoms with E-state index in [0.29, 0.717) is 22.2 Å². The first-order valence-electron chi connectivity index (χ1n) is 6.21. The molecule has 5 nitrogen and oxygen atoms in total. The minimum Gasteiger partial charge on any atom is -0.363 e. The Morgan fingerprint density at radius 2 is 2.16 bits per heavy atom. The molecule has 0 aliphatic carbocycles. The molecule has 0 bridgehead atoms. The lowest BCUT2D eigenvalue weighted by Gasteiger charge is -2.09. The van der Waals surface area contributed by atoms with Gasteiger partial charge in [-0.2, -0.15) is 19.0 Å². The van der Waals surface area contributed by atoms with Gasteiger partial charge in [0.2, 0.25) is 0 Å². The lowest BCUT2D eigenvalue weighted by molar-refractivity contribution is 0.0537. The zero-order valence-electron chi connectivity index (χ0n) is 10.9. The Bertz CT molecular complexity index is 520. The molecule has 2 heterocycles. The Balaban J connectivity index is 1.98. The molecule has 2 aromatic heterocycles. The molecule has 0 saturated heterocycles. The number of anilines is 1. The average Bonchev–Trinajstić information content (AvgIpc) is 3.04. The zero-order valence-corrected chi connectivity index (χ0v) is 10.9. The predicted molar refractivity (Wildman–Crippen MR) is 68.0 cm³/mol. The van der Waals surface area contributed by atoms with E-state index in [-0.39, 0.29) is 6.54 Å². The molecule has 0 spiro atoms. The Hall–Kier alpha value is -1.92. The predicted octanol–water partition coefficient (Wildman–Crippen LogP) is 3.06. The average molecular weight is 269 g/mol. The fraction of sp³-hybridized carbons (Fsp3) is 0.500. The lowest BCUT2D eigenvalue weighted by Crippen LogP contribution is -2.10. The summed E-state index contributed by atoms with van der Waals surface area (Å²) in [4.78, 5) is 0. The first-order chi connectivity index (χ1) is 9.11. The summed E-state index contributed by atoms with van der Waals surface area (Å²) in [5, 5.41) is 10.9. The van der Waals surface area contributed by atoms with Crippen LogP contribution in [0, 0.1) is 0 Å². The van der Waals surface area contributed by atoms with Crippen molar-refractivity contribution in [3.63, 3.8) is 0 Å². The van der Waals surface area contributed by atoms with Crippen molar-refractivity contribution in [2.45, 2.75) is 39.4 Å². The second kappa shape index (κ2) is 5.81. The van der Waals surface area contributed by atoms with Crippen LogP contribution < -0.4 is 5.32 Å². The summed E-state index contributed by atoms with van der Waals surface area (Å²) in [5.74, 6) is 0.669. The number of nitrogens with one attached hydrogen (secondary N) is 1. The number of hydrogen-bond donors (Lipinski definition) is 1. The van der Waals surface area contributed by atoms with E-state index in [4.69, 9.17) is 0 Å². The number of aromatic nitrogens is 4. The van der Waals surface area contributed by atoms with E-state index in [1.165, 1.54) is 6.20 Å². The molecular formula is C12H17F2N5. The van der Waals surface area contributed by atoms with Gasteiger partial charge in [0.25, 0.3) is 0 Å². The number of rotatable bonds is 6. The lowest BCUT2D eigenvalue weighted by atomic mass is 10.3. The summed E-state index contributed by atoms with van der Waals surface area (Å²) in [7, 11) is 0. The van der Waals surface area contributed by atoms with Crippen molar-refractivity contribution in [1.82, 2.24) is 19.6 Å². The van der Waals surface area contributed by atoms with Gasteiger partial charge in [-0.25, -0.2) is 4.68 Å². The third kappa shape index (κ3) is 3.10. The number of alkyl halides is 2. The van der Waals surface area contributed by atoms with Gasteiger partial charge >= 0.3 is 6.55 Å². The Morgan fingerprint density at radius 3 is 2.84 bits per heavy atom. The molecular weight excluding hydrogens is 252 g/mol. The second-order valence-electron chi connectivity index (χ2n) is 4.34. The summed E-state index contributed by atoms with van der Waals surface area (Å²) in [6, 6.07) is 3.71. The molecule has 7 heteroatoms. The Morgan fingerprint density at radius 1 is 1.37 bits per heavy atom. The van der Waals surface area contributed by atoms with Crippen LogP contribution in [-0.4, -0.2) is 19.6 Å². The first-order valence-corrected chi connectivity index (χ1v) is 6.21. The Labute approximate surface area is 110 Å². The van der Waals surface area contributed by atoms with Gasteiger partial charge in [0.1, 0.15) is 5.82 Å². The summed E-state index contributed by atoms with van der Waals surface area (Å²) >= 11 is 0. The summed E-state index contributed by atoms with van der Waals surface area (Å²) in [6.45, 7) is 1.80. The maximum Gasteiger partial charge on any atom is 0.333 e. The van der Waals surface area contributed by atoms with E-state index in [0.717, 1.165) is 6.42 Å². The molecule has 2 rings (SSSR count). The molecule has 0 unspecified atom stereocenters. The van der Waals surface area contributed by atoms with Crippen molar-refractivity contribution < 1.29 is 8.78 Å². The topological polar surface area (TPSA) is 47.7 Å². The quantitative estimate of drug-likeness (QED) is 0.876. The van der Waals surface area contributed by atoms with Crippen molar-refractivity contribution in [2.75, 3.05) is 5.32 Å². The van der Waals surface area contributed by atoms with Gasteiger partial charge in [0, 0.05) is 24.5 Å². The molecule has 0 saturated carbocycles. The highest BCUT2D eigenvalue weighted by atomic mass is 19.3. The normalized spacial score (nSPS) is 12.9. The molecule has 0 aliphatic heterocycles. The number of hydrogen-bond acceptors (Lipinski definition) is 3. The zero-order chi connectivity index (χ0) is 13.8. The Kier molecular flexibility index (Phi) is 4.13. The van der Waals surface area contributed by atoms with Crippen LogP contribution in [0.1, 0.15) is 38.6 Å². The first kappa shape index (κ1) is 13.5. The van der Waals surface area contributed by atoms with Crippen LogP contribution in [0.25, 0.3) is 0 Å². The van der Waals surface area contributed by atoms with E-state index in [2.05, 4.69) is 29.4 Å². The van der Waals surface area contributed by atoms with Crippen LogP contribution in [0.3, 0.4) is 0 Å². The molecule has 0 fully saturated rings. The monoisotopic (exact) mass is 269 g/mol. The summed E-state index contributed by atoms with van der Waals surface area (Å²) < 4.78 is 27.7. The van der Waals surface area contributed by atoms with Crippen LogP contribution in [0.15, 0.2) is 24.5 Å². The second-order valence-corrected chi connectivity index (χ2v) is 4.34. The molecule has 19 heavy (non-hydrogen) atoms. The van der Waals surface area contributed by atoms with Crippen LogP contribution in [0.5, 0.6) is 0 Å². The third-order valence-electron chi connectivity index (χ3n) is 3.04. The summed E-state index contributed by atoms with van der Waals surface area (Å²) in [6.07, 6.45) is 4.22. The maximum absolute atomic E-state index is 12.6. The van der Waals surface area contributed by atoms with Gasteiger partial charge < -0.3 is 5.32 Å². The standard InChI is InChI=1S/C12H17F2N5/c1-3-9(2)18-7-5-11(17-18)15-8-10-4-6-16-19(10)12(13)14/h4-7,9,12H,3,8H2,1-2H3,(H,15,17)/t9-/m1/s1. The minimum absolute atomic E-state index is 0.266. The smallest absolute Gasteiger partial charge is 0.333 e. The van der Waals surface area contributed by atoms with Crippen LogP contribution >= 0.6 is 0 Å². The van der Waals surface area contributed by atoms with Gasteiger partial charge in [-0.05, 0) is 19.4 Å². The SMILES string of the molecule is CC[C@@H](C)n1ccc(NCc2ccnn2C(F)F)n1. The largest absolute Gasteiger partial charge is 0.363 e. The number of halogens is 2. The molecule has 104 valence electrons. The molecule has 0 amide bonds. The highest BCUT2D eigenvalue weighted by Gasteiger charge is 2.11. The van der Waals surface area contributed by atoms with Gasteiger partial charge in [-0.3, -0.25) is 4.68 Å². The van der Waals surface area contributed by atoms with Gasteiger partial charge in [0.05, 0.1) is 12.2 Å². The summed E-state index contributed by atoms with van der Waals surface area (Å²) in [5.41, 5.74) is 0.424. The van der Waals surface area contributed by atoms with Crippen molar-refractivity contribution in [3.05, 3.63) is 30.2 Å². The molecule has 0 aliphatic rings.